The summed E-state index contributed by atoms with van der Waals surface area (Å²) in [6.07, 6.45) is 1.26. The number of ether oxygens (including phenoxy) is 1. The van der Waals surface area contributed by atoms with Gasteiger partial charge in [0.15, 0.2) is 0 Å². The van der Waals surface area contributed by atoms with Gasteiger partial charge in [-0.1, -0.05) is 24.3 Å². The lowest BCUT2D eigenvalue weighted by molar-refractivity contribution is 0.199. The molecule has 0 fully saturated rings. The van der Waals surface area contributed by atoms with E-state index >= 15 is 0 Å². The van der Waals surface area contributed by atoms with Crippen LogP contribution in [-0.2, 0) is 0 Å². The van der Waals surface area contributed by atoms with Gasteiger partial charge in [0, 0.05) is 11.8 Å². The van der Waals surface area contributed by atoms with Gasteiger partial charge in [0.1, 0.15) is 0 Å². The van der Waals surface area contributed by atoms with Gasteiger partial charge in [0.05, 0.1) is 13.2 Å². The minimum absolute atomic E-state index is 0.445. The molecule has 1 atom stereocenters. The zero-order chi connectivity index (χ0) is 12.3. The molecule has 1 N–H and O–H groups in total. The number of nitrogens with zero attached hydrogens (tertiary/aromatic N) is 1. The van der Waals surface area contributed by atoms with Crippen molar-refractivity contribution in [2.24, 2.45) is 0 Å². The van der Waals surface area contributed by atoms with Gasteiger partial charge in [0.2, 0.25) is 5.88 Å². The van der Waals surface area contributed by atoms with Crippen molar-refractivity contribution in [2.75, 3.05) is 7.11 Å². The summed E-state index contributed by atoms with van der Waals surface area (Å²) >= 11 is 0. The third-order valence-corrected chi connectivity index (χ3v) is 2.67. The minimum Gasteiger partial charge on any atom is -0.481 e. The highest BCUT2D eigenvalue weighted by Gasteiger charge is 2.07. The summed E-state index contributed by atoms with van der Waals surface area (Å²) in [5.74, 6) is 0.609. The number of methoxy groups -OCH3 is 1. The van der Waals surface area contributed by atoms with E-state index in [-0.39, 0.29) is 0 Å². The maximum Gasteiger partial charge on any atom is 0.221 e. The summed E-state index contributed by atoms with van der Waals surface area (Å²) in [6, 6.07) is 11.6. The summed E-state index contributed by atoms with van der Waals surface area (Å²) in [5.41, 5.74) is 2.88. The number of aliphatic hydroxyl groups is 1. The molecular weight excluding hydrogens is 214 g/mol. The first-order valence-electron chi connectivity index (χ1n) is 5.50. The zero-order valence-electron chi connectivity index (χ0n) is 9.92. The third kappa shape index (κ3) is 2.45. The first kappa shape index (κ1) is 11.6. The molecule has 1 heterocycles. The molecule has 88 valence electrons. The fourth-order valence-electron chi connectivity index (χ4n) is 1.71. The summed E-state index contributed by atoms with van der Waals surface area (Å²) in [7, 11) is 1.61. The molecule has 1 aromatic heterocycles. The van der Waals surface area contributed by atoms with Crippen LogP contribution in [0, 0.1) is 0 Å². The summed E-state index contributed by atoms with van der Waals surface area (Å²) in [4.78, 5) is 4.16. The third-order valence-electron chi connectivity index (χ3n) is 2.67. The van der Waals surface area contributed by atoms with Gasteiger partial charge in [0.25, 0.3) is 0 Å². The van der Waals surface area contributed by atoms with Crippen LogP contribution in [0.4, 0.5) is 0 Å². The van der Waals surface area contributed by atoms with Crippen LogP contribution in [0.1, 0.15) is 18.6 Å². The smallest absolute Gasteiger partial charge is 0.221 e. The highest BCUT2D eigenvalue weighted by Crippen LogP contribution is 2.28. The average Bonchev–Trinajstić information content (AvgIpc) is 2.39. The predicted molar refractivity (Wildman–Crippen MR) is 66.9 cm³/mol. The second kappa shape index (κ2) is 4.97. The lowest BCUT2D eigenvalue weighted by Gasteiger charge is -2.09. The number of hydrogen-bond acceptors (Lipinski definition) is 3. The largest absolute Gasteiger partial charge is 0.481 e. The normalized spacial score (nSPS) is 12.2. The molecule has 0 spiro atoms. The van der Waals surface area contributed by atoms with E-state index in [1.165, 1.54) is 0 Å². The summed E-state index contributed by atoms with van der Waals surface area (Å²) in [5, 5.41) is 9.45. The highest BCUT2D eigenvalue weighted by atomic mass is 16.5. The van der Waals surface area contributed by atoms with E-state index in [1.807, 2.05) is 36.4 Å². The zero-order valence-corrected chi connectivity index (χ0v) is 9.92. The second-order valence-electron chi connectivity index (χ2n) is 3.86. The van der Waals surface area contributed by atoms with Crippen molar-refractivity contribution in [3.8, 4) is 17.0 Å². The Hall–Kier alpha value is -1.87. The van der Waals surface area contributed by atoms with E-state index in [4.69, 9.17) is 4.74 Å². The van der Waals surface area contributed by atoms with Gasteiger partial charge in [-0.15, -0.1) is 0 Å². The highest BCUT2D eigenvalue weighted by molar-refractivity contribution is 5.68. The molecule has 0 aliphatic heterocycles. The van der Waals surface area contributed by atoms with E-state index in [2.05, 4.69) is 4.98 Å². The van der Waals surface area contributed by atoms with Crippen LogP contribution in [0.15, 0.2) is 42.6 Å². The quantitative estimate of drug-likeness (QED) is 0.880. The van der Waals surface area contributed by atoms with E-state index in [0.717, 1.165) is 16.7 Å². The van der Waals surface area contributed by atoms with Crippen molar-refractivity contribution in [1.29, 1.82) is 0 Å². The van der Waals surface area contributed by atoms with E-state index in [9.17, 15) is 5.11 Å². The van der Waals surface area contributed by atoms with Crippen LogP contribution in [-0.4, -0.2) is 17.2 Å². The monoisotopic (exact) mass is 229 g/mol. The van der Waals surface area contributed by atoms with Crippen molar-refractivity contribution in [3.05, 3.63) is 48.2 Å². The number of benzene rings is 1. The molecule has 0 aliphatic carbocycles. The predicted octanol–water partition coefficient (Wildman–Crippen LogP) is 2.81. The van der Waals surface area contributed by atoms with Crippen LogP contribution in [0.5, 0.6) is 5.88 Å². The number of aromatic nitrogens is 1. The van der Waals surface area contributed by atoms with Crippen molar-refractivity contribution in [1.82, 2.24) is 4.98 Å². The molecular formula is C14H15NO2. The number of pyridine rings is 1. The molecule has 0 aliphatic rings. The second-order valence-corrected chi connectivity index (χ2v) is 3.86. The van der Waals surface area contributed by atoms with Gasteiger partial charge in [-0.2, -0.15) is 0 Å². The fraction of sp³-hybridized carbons (Fsp3) is 0.214. The van der Waals surface area contributed by atoms with Gasteiger partial charge < -0.3 is 9.84 Å². The Kier molecular flexibility index (Phi) is 3.40. The molecule has 0 amide bonds. The Bertz CT molecular complexity index is 492. The lowest BCUT2D eigenvalue weighted by Crippen LogP contribution is -1.92. The minimum atomic E-state index is -0.445. The number of rotatable bonds is 3. The van der Waals surface area contributed by atoms with Crippen LogP contribution >= 0.6 is 0 Å². The van der Waals surface area contributed by atoms with Crippen LogP contribution in [0.2, 0.25) is 0 Å². The molecule has 0 saturated heterocycles. The van der Waals surface area contributed by atoms with Crippen molar-refractivity contribution < 1.29 is 9.84 Å². The Morgan fingerprint density at radius 3 is 2.47 bits per heavy atom. The fourth-order valence-corrected chi connectivity index (χ4v) is 1.71. The Morgan fingerprint density at radius 1 is 1.18 bits per heavy atom. The molecule has 3 heteroatoms. The van der Waals surface area contributed by atoms with Gasteiger partial charge >= 0.3 is 0 Å². The van der Waals surface area contributed by atoms with Gasteiger partial charge in [-0.25, -0.2) is 4.98 Å². The molecule has 17 heavy (non-hydrogen) atoms. The van der Waals surface area contributed by atoms with Gasteiger partial charge in [-0.05, 0) is 30.2 Å². The van der Waals surface area contributed by atoms with Crippen molar-refractivity contribution in [2.45, 2.75) is 13.0 Å². The maximum atomic E-state index is 9.45. The summed E-state index contributed by atoms with van der Waals surface area (Å²) < 4.78 is 5.22. The van der Waals surface area contributed by atoms with Crippen LogP contribution in [0.25, 0.3) is 11.1 Å². The molecule has 3 nitrogen and oxygen atoms in total. The van der Waals surface area contributed by atoms with Crippen LogP contribution in [0.3, 0.4) is 0 Å². The first-order valence-corrected chi connectivity index (χ1v) is 5.50. The standard InChI is InChI=1S/C14H15NO2/c1-10(16)11-5-7-12(8-6-11)13-4-3-9-15-14(13)17-2/h3-10,16H,1-2H3/t10-/m1/s1. The van der Waals surface area contributed by atoms with E-state index in [0.29, 0.717) is 5.88 Å². The Balaban J connectivity index is 2.40. The molecule has 2 aromatic rings. The topological polar surface area (TPSA) is 42.4 Å². The van der Waals surface area contributed by atoms with E-state index < -0.39 is 6.10 Å². The SMILES string of the molecule is COc1ncccc1-c1ccc([C@@H](C)O)cc1. The average molecular weight is 229 g/mol. The van der Waals surface area contributed by atoms with Crippen LogP contribution < -0.4 is 4.74 Å². The Labute approximate surface area is 101 Å². The molecule has 0 unspecified atom stereocenters. The van der Waals surface area contributed by atoms with Crippen molar-refractivity contribution >= 4 is 0 Å². The number of aliphatic hydroxyl groups excluding tert-OH is 1. The maximum absolute atomic E-state index is 9.45. The summed E-state index contributed by atoms with van der Waals surface area (Å²) in [6.45, 7) is 1.75. The molecule has 0 radical (unpaired) electrons. The first-order chi connectivity index (χ1) is 8.22. The van der Waals surface area contributed by atoms with Gasteiger partial charge in [-0.3, -0.25) is 0 Å². The lowest BCUT2D eigenvalue weighted by atomic mass is 10.0. The van der Waals surface area contributed by atoms with Crippen molar-refractivity contribution in [3.63, 3.8) is 0 Å². The Morgan fingerprint density at radius 2 is 1.88 bits per heavy atom. The number of hydrogen-bond donors (Lipinski definition) is 1. The molecule has 2 rings (SSSR count). The molecule has 0 bridgehead atoms. The van der Waals surface area contributed by atoms with E-state index in [1.54, 1.807) is 20.2 Å². The molecule has 0 saturated carbocycles. The molecule has 1 aromatic carbocycles.